The van der Waals surface area contributed by atoms with E-state index in [1.165, 1.54) is 0 Å². The number of fused-ring (bicyclic) bond motifs is 3. The fourth-order valence-corrected chi connectivity index (χ4v) is 3.26. The molecule has 3 aromatic rings. The third kappa shape index (κ3) is 1.55. The Morgan fingerprint density at radius 3 is 2.65 bits per heavy atom. The number of aliphatic hydroxyl groups excluding tert-OH is 1. The molecule has 3 rings (SSSR count). The van der Waals surface area contributed by atoms with Crippen molar-refractivity contribution in [2.24, 2.45) is 0 Å². The molecule has 0 aliphatic rings. The summed E-state index contributed by atoms with van der Waals surface area (Å²) in [6, 6.07) is 13.0. The summed E-state index contributed by atoms with van der Waals surface area (Å²) >= 11 is 0. The van der Waals surface area contributed by atoms with Crippen LogP contribution >= 0.6 is 7.65 Å². The summed E-state index contributed by atoms with van der Waals surface area (Å²) in [5, 5.41) is 11.7. The molecule has 0 amide bonds. The molecule has 0 saturated carbocycles. The van der Waals surface area contributed by atoms with Crippen molar-refractivity contribution in [3.63, 3.8) is 0 Å². The second-order valence-corrected chi connectivity index (χ2v) is 4.96. The first-order chi connectivity index (χ1) is 8.31. The predicted octanol–water partition coefficient (Wildman–Crippen LogP) is 3.82. The summed E-state index contributed by atoms with van der Waals surface area (Å²) in [7, 11) is -1.93. The fourth-order valence-electron chi connectivity index (χ4n) is 2.06. The van der Waals surface area contributed by atoms with E-state index in [-0.39, 0.29) is 6.61 Å². The summed E-state index contributed by atoms with van der Waals surface area (Å²) in [6.45, 7) is -0.129. The molecule has 0 aliphatic carbocycles. The molecule has 17 heavy (non-hydrogen) atoms. The normalized spacial score (nSPS) is 12.2. The Bertz CT molecular complexity index is 761. The van der Waals surface area contributed by atoms with Gasteiger partial charge in [0.25, 0.3) is 0 Å². The van der Waals surface area contributed by atoms with Gasteiger partial charge in [-0.25, -0.2) is 4.20 Å². The van der Waals surface area contributed by atoms with Crippen molar-refractivity contribution in [3.05, 3.63) is 48.0 Å². The van der Waals surface area contributed by atoms with Crippen LogP contribution < -0.4 is 0 Å². The summed E-state index contributed by atoms with van der Waals surface area (Å²) in [6.07, 6.45) is 0. The number of aliphatic hydroxyl groups is 1. The van der Waals surface area contributed by atoms with Gasteiger partial charge in [0.05, 0.1) is 6.61 Å². The largest absolute Gasteiger partial charge is 0.598 e. The van der Waals surface area contributed by atoms with E-state index in [2.05, 4.69) is 0 Å². The second kappa shape index (κ2) is 3.95. The SMILES string of the molecule is O=[p+]1oc2ccccc2c2cccc(CO)c21. The molecule has 3 nitrogen and oxygen atoms in total. The summed E-state index contributed by atoms with van der Waals surface area (Å²) in [5.41, 5.74) is 1.30. The Hall–Kier alpha value is -1.70. The summed E-state index contributed by atoms with van der Waals surface area (Å²) in [5.74, 6) is 0. The first-order valence-electron chi connectivity index (χ1n) is 5.28. The second-order valence-electron chi connectivity index (χ2n) is 3.82. The van der Waals surface area contributed by atoms with Crippen molar-refractivity contribution in [2.75, 3.05) is 0 Å². The molecule has 1 heterocycles. The molecule has 4 heteroatoms. The van der Waals surface area contributed by atoms with Crippen LogP contribution in [0.3, 0.4) is 0 Å². The van der Waals surface area contributed by atoms with Crippen LogP contribution in [0.5, 0.6) is 0 Å². The predicted molar refractivity (Wildman–Crippen MR) is 67.2 cm³/mol. The van der Waals surface area contributed by atoms with Crippen LogP contribution in [-0.2, 0) is 11.2 Å². The van der Waals surface area contributed by atoms with Crippen LogP contribution in [-0.4, -0.2) is 5.11 Å². The van der Waals surface area contributed by atoms with Gasteiger partial charge in [0, 0.05) is 16.3 Å². The third-order valence-corrected chi connectivity index (χ3v) is 4.09. The number of rotatable bonds is 1. The molecule has 0 saturated heterocycles. The van der Waals surface area contributed by atoms with Gasteiger partial charge in [0.15, 0.2) is 5.58 Å². The Kier molecular flexibility index (Phi) is 2.43. The van der Waals surface area contributed by atoms with Gasteiger partial charge in [-0.05, 0) is 16.7 Å². The minimum Gasteiger partial charge on any atom is -0.392 e. The van der Waals surface area contributed by atoms with E-state index >= 15 is 0 Å². The molecule has 0 fully saturated rings. The smallest absolute Gasteiger partial charge is 0.392 e. The maximum absolute atomic E-state index is 12.0. The molecule has 1 atom stereocenters. The van der Waals surface area contributed by atoms with Crippen LogP contribution in [0.25, 0.3) is 21.5 Å². The quantitative estimate of drug-likeness (QED) is 0.663. The minimum absolute atomic E-state index is 0.129. The monoisotopic (exact) mass is 245 g/mol. The van der Waals surface area contributed by atoms with Crippen molar-refractivity contribution in [1.29, 1.82) is 0 Å². The Morgan fingerprint density at radius 1 is 1.06 bits per heavy atom. The van der Waals surface area contributed by atoms with Gasteiger partial charge in [0.2, 0.25) is 5.12 Å². The molecule has 0 bridgehead atoms. The zero-order chi connectivity index (χ0) is 11.8. The van der Waals surface area contributed by atoms with E-state index in [0.717, 1.165) is 10.8 Å². The maximum Gasteiger partial charge on any atom is 0.598 e. The number of para-hydroxylation sites is 1. The lowest BCUT2D eigenvalue weighted by molar-refractivity contribution is 0.283. The topological polar surface area (TPSA) is 50.4 Å². The molecule has 0 radical (unpaired) electrons. The lowest BCUT2D eigenvalue weighted by Crippen LogP contribution is -1.84. The third-order valence-electron chi connectivity index (χ3n) is 2.83. The maximum atomic E-state index is 12.0. The molecular formula is C13H10O3P+. The minimum atomic E-state index is -1.93. The van der Waals surface area contributed by atoms with E-state index in [1.807, 2.05) is 30.3 Å². The van der Waals surface area contributed by atoms with Gasteiger partial charge < -0.3 is 5.11 Å². The highest BCUT2D eigenvalue weighted by Crippen LogP contribution is 2.37. The zero-order valence-corrected chi connectivity index (χ0v) is 9.85. The number of benzene rings is 2. The highest BCUT2D eigenvalue weighted by molar-refractivity contribution is 7.37. The average Bonchev–Trinajstić information content (AvgIpc) is 2.38. The van der Waals surface area contributed by atoms with Crippen LogP contribution in [0.2, 0.25) is 0 Å². The standard InChI is InChI=1S/C13H10O3P/c14-8-9-4-3-6-11-10-5-1-2-7-12(10)16-17(15)13(9)11/h1-7,14H,8H2/q+1. The van der Waals surface area contributed by atoms with Gasteiger partial charge in [0.1, 0.15) is 0 Å². The highest BCUT2D eigenvalue weighted by Gasteiger charge is 2.19. The van der Waals surface area contributed by atoms with Crippen LogP contribution in [0.15, 0.2) is 46.7 Å². The molecule has 2 aromatic carbocycles. The molecule has 1 unspecified atom stereocenters. The van der Waals surface area contributed by atoms with Crippen molar-refractivity contribution in [1.82, 2.24) is 0 Å². The number of hydrogen-bond acceptors (Lipinski definition) is 3. The zero-order valence-electron chi connectivity index (χ0n) is 8.96. The van der Waals surface area contributed by atoms with E-state index in [4.69, 9.17) is 4.20 Å². The molecule has 0 aliphatic heterocycles. The van der Waals surface area contributed by atoms with Gasteiger partial charge in [-0.1, -0.05) is 30.3 Å². The Morgan fingerprint density at radius 2 is 1.82 bits per heavy atom. The van der Waals surface area contributed by atoms with Crippen molar-refractivity contribution >= 4 is 29.1 Å². The van der Waals surface area contributed by atoms with Gasteiger partial charge in [-0.3, -0.25) is 0 Å². The van der Waals surface area contributed by atoms with Gasteiger partial charge >= 0.3 is 7.65 Å². The van der Waals surface area contributed by atoms with E-state index in [1.54, 1.807) is 12.1 Å². The first kappa shape index (κ1) is 10.5. The molecule has 1 N–H and O–H groups in total. The van der Waals surface area contributed by atoms with Crippen LogP contribution in [0.1, 0.15) is 5.56 Å². The average molecular weight is 245 g/mol. The van der Waals surface area contributed by atoms with Crippen LogP contribution in [0.4, 0.5) is 0 Å². The number of hydrogen-bond donors (Lipinski definition) is 1. The summed E-state index contributed by atoms with van der Waals surface area (Å²) < 4.78 is 17.4. The van der Waals surface area contributed by atoms with Gasteiger partial charge in [-0.2, -0.15) is 0 Å². The Labute approximate surface area is 98.1 Å². The lowest BCUT2D eigenvalue weighted by Gasteiger charge is -1.98. The highest BCUT2D eigenvalue weighted by atomic mass is 31.1. The van der Waals surface area contributed by atoms with Crippen LogP contribution in [0, 0.1) is 0 Å². The molecule has 1 aromatic heterocycles. The van der Waals surface area contributed by atoms with Gasteiger partial charge in [-0.15, -0.1) is 0 Å². The Balaban J connectivity index is 2.63. The molecule has 84 valence electrons. The fraction of sp³-hybridized carbons (Fsp3) is 0.0769. The first-order valence-corrected chi connectivity index (χ1v) is 6.46. The van der Waals surface area contributed by atoms with E-state index < -0.39 is 7.65 Å². The van der Waals surface area contributed by atoms with E-state index in [9.17, 15) is 9.67 Å². The van der Waals surface area contributed by atoms with Crippen molar-refractivity contribution in [3.8, 4) is 0 Å². The molecular weight excluding hydrogens is 235 g/mol. The van der Waals surface area contributed by atoms with Crippen molar-refractivity contribution in [2.45, 2.75) is 6.61 Å². The lowest BCUT2D eigenvalue weighted by atomic mass is 10.1. The summed E-state index contributed by atoms with van der Waals surface area (Å²) in [4.78, 5) is 0. The van der Waals surface area contributed by atoms with Crippen molar-refractivity contribution < 1.29 is 13.9 Å². The van der Waals surface area contributed by atoms with E-state index in [0.29, 0.717) is 16.3 Å². The molecule has 0 spiro atoms.